The molecule has 7 heteroatoms. The van der Waals surface area contributed by atoms with Crippen molar-refractivity contribution in [1.82, 2.24) is 15.2 Å². The third-order valence-electron chi connectivity index (χ3n) is 6.61. The van der Waals surface area contributed by atoms with Crippen molar-refractivity contribution in [2.75, 3.05) is 13.1 Å². The van der Waals surface area contributed by atoms with Gasteiger partial charge in [0.05, 0.1) is 12.5 Å². The minimum Gasteiger partial charge on any atom is -0.347 e. The van der Waals surface area contributed by atoms with Crippen LogP contribution in [0.2, 0.25) is 0 Å². The highest BCUT2D eigenvalue weighted by Crippen LogP contribution is 2.50. The number of pyridine rings is 1. The van der Waals surface area contributed by atoms with Gasteiger partial charge in [0, 0.05) is 42.7 Å². The van der Waals surface area contributed by atoms with E-state index in [2.05, 4.69) is 10.3 Å². The largest absolute Gasteiger partial charge is 0.347 e. The lowest BCUT2D eigenvalue weighted by atomic mass is 9.76. The maximum atomic E-state index is 13.5. The Hall–Kier alpha value is -2.05. The topological polar surface area (TPSA) is 62.3 Å². The van der Waals surface area contributed by atoms with Crippen LogP contribution in [0.1, 0.15) is 44.2 Å². The molecule has 1 N–H and O–H groups in total. The van der Waals surface area contributed by atoms with E-state index in [0.717, 1.165) is 25.0 Å². The van der Waals surface area contributed by atoms with Gasteiger partial charge in [-0.05, 0) is 37.8 Å². The van der Waals surface area contributed by atoms with Crippen LogP contribution >= 0.6 is 0 Å². The van der Waals surface area contributed by atoms with Gasteiger partial charge in [0.15, 0.2) is 0 Å². The van der Waals surface area contributed by atoms with Gasteiger partial charge in [-0.3, -0.25) is 14.6 Å². The molecule has 0 aromatic carbocycles. The molecule has 1 aromatic rings. The van der Waals surface area contributed by atoms with Crippen LogP contribution in [0, 0.1) is 11.3 Å². The Morgan fingerprint density at radius 1 is 1.22 bits per heavy atom. The summed E-state index contributed by atoms with van der Waals surface area (Å²) < 4.78 is 27.0. The Kier molecular flexibility index (Phi) is 4.64. The number of halogens is 2. The van der Waals surface area contributed by atoms with Crippen LogP contribution in [-0.4, -0.2) is 46.8 Å². The van der Waals surface area contributed by atoms with E-state index in [0.29, 0.717) is 25.9 Å². The van der Waals surface area contributed by atoms with Gasteiger partial charge in [-0.25, -0.2) is 8.78 Å². The molecule has 3 atom stereocenters. The molecule has 4 rings (SSSR count). The average Bonchev–Trinajstić information content (AvgIpc) is 3.27. The van der Waals surface area contributed by atoms with Gasteiger partial charge in [0.1, 0.15) is 0 Å². The van der Waals surface area contributed by atoms with E-state index < -0.39 is 12.0 Å². The lowest BCUT2D eigenvalue weighted by molar-refractivity contribution is -0.142. The summed E-state index contributed by atoms with van der Waals surface area (Å²) in [5.41, 5.74) is 0.472. The molecule has 1 aromatic heterocycles. The van der Waals surface area contributed by atoms with Gasteiger partial charge < -0.3 is 10.2 Å². The fraction of sp³-hybridized carbons (Fsp3) is 0.650. The zero-order valence-electron chi connectivity index (χ0n) is 15.3. The summed E-state index contributed by atoms with van der Waals surface area (Å²) in [7, 11) is 0. The Bertz CT molecular complexity index is 727. The van der Waals surface area contributed by atoms with Crippen molar-refractivity contribution in [2.45, 2.75) is 56.9 Å². The molecule has 2 heterocycles. The number of aromatic nitrogens is 1. The van der Waals surface area contributed by atoms with E-state index in [-0.39, 0.29) is 36.0 Å². The zero-order chi connectivity index (χ0) is 19.1. The maximum Gasteiger partial charge on any atom is 0.267 e. The first-order chi connectivity index (χ1) is 12.9. The van der Waals surface area contributed by atoms with Gasteiger partial charge in [-0.2, -0.15) is 0 Å². The molecule has 0 radical (unpaired) electrons. The van der Waals surface area contributed by atoms with Crippen LogP contribution in [0.15, 0.2) is 24.4 Å². The monoisotopic (exact) mass is 377 g/mol. The first kappa shape index (κ1) is 18.3. The molecule has 2 amide bonds. The molecule has 0 unspecified atom stereocenters. The van der Waals surface area contributed by atoms with Crippen LogP contribution in [0.3, 0.4) is 0 Å². The molecule has 3 aliphatic rings. The molecular formula is C20H25F2N3O2. The molecule has 5 nitrogen and oxygen atoms in total. The molecule has 27 heavy (non-hydrogen) atoms. The predicted molar refractivity (Wildman–Crippen MR) is 95.0 cm³/mol. The quantitative estimate of drug-likeness (QED) is 0.877. The summed E-state index contributed by atoms with van der Waals surface area (Å²) in [6.45, 7) is 1.16. The van der Waals surface area contributed by atoms with Crippen molar-refractivity contribution >= 4 is 11.8 Å². The van der Waals surface area contributed by atoms with E-state index in [1.807, 2.05) is 23.1 Å². The van der Waals surface area contributed by atoms with Crippen LogP contribution < -0.4 is 5.32 Å². The van der Waals surface area contributed by atoms with Crippen LogP contribution in [-0.2, 0) is 16.0 Å². The Labute approximate surface area is 157 Å². The Morgan fingerprint density at radius 2 is 2.07 bits per heavy atom. The molecule has 1 aliphatic heterocycles. The molecule has 146 valence electrons. The molecule has 3 fully saturated rings. The number of carbonyl (C=O) groups is 2. The second-order valence-electron chi connectivity index (χ2n) is 8.23. The maximum absolute atomic E-state index is 13.5. The lowest BCUT2D eigenvalue weighted by Gasteiger charge is -2.39. The van der Waals surface area contributed by atoms with Crippen molar-refractivity contribution in [2.24, 2.45) is 11.3 Å². The number of amides is 2. The number of hydrogen-bond acceptors (Lipinski definition) is 3. The van der Waals surface area contributed by atoms with Crippen LogP contribution in [0.25, 0.3) is 0 Å². The number of rotatable bonds is 4. The van der Waals surface area contributed by atoms with E-state index >= 15 is 0 Å². The summed E-state index contributed by atoms with van der Waals surface area (Å²) in [5, 5.41) is 2.58. The van der Waals surface area contributed by atoms with Crippen molar-refractivity contribution in [1.29, 1.82) is 0 Å². The highest BCUT2D eigenvalue weighted by molar-refractivity contribution is 5.82. The van der Waals surface area contributed by atoms with Gasteiger partial charge in [-0.15, -0.1) is 0 Å². The summed E-state index contributed by atoms with van der Waals surface area (Å²) in [5.74, 6) is -3.29. The van der Waals surface area contributed by atoms with Gasteiger partial charge in [-0.1, -0.05) is 12.5 Å². The van der Waals surface area contributed by atoms with Crippen molar-refractivity contribution in [3.63, 3.8) is 0 Å². The minimum absolute atomic E-state index is 0.0159. The molecular weight excluding hydrogens is 352 g/mol. The number of nitrogens with one attached hydrogen (secondary N) is 1. The number of likely N-dealkylation sites (tertiary alicyclic amines) is 1. The number of alkyl halides is 2. The fourth-order valence-electron chi connectivity index (χ4n) is 4.87. The molecule has 2 saturated carbocycles. The molecule has 0 bridgehead atoms. The summed E-state index contributed by atoms with van der Waals surface area (Å²) in [6, 6.07) is 4.47. The number of carbonyl (C=O) groups excluding carboxylic acids is 2. The third kappa shape index (κ3) is 3.44. The average molecular weight is 377 g/mol. The second-order valence-corrected chi connectivity index (χ2v) is 8.23. The predicted octanol–water partition coefficient (Wildman–Crippen LogP) is 2.56. The SMILES string of the molecule is O=C(N[C@@H]1CCC1(F)F)[C@H]1CCC[C@]12CCN(C(=O)Cc1ccccn1)C2. The first-order valence-electron chi connectivity index (χ1n) is 9.76. The Balaban J connectivity index is 1.39. The summed E-state index contributed by atoms with van der Waals surface area (Å²) in [4.78, 5) is 31.4. The smallest absolute Gasteiger partial charge is 0.267 e. The van der Waals surface area contributed by atoms with Gasteiger partial charge in [0.25, 0.3) is 5.92 Å². The third-order valence-corrected chi connectivity index (χ3v) is 6.61. The number of hydrogen-bond donors (Lipinski definition) is 1. The van der Waals surface area contributed by atoms with Gasteiger partial charge >= 0.3 is 0 Å². The highest BCUT2D eigenvalue weighted by atomic mass is 19.3. The molecule has 1 spiro atoms. The molecule has 1 saturated heterocycles. The summed E-state index contributed by atoms with van der Waals surface area (Å²) in [6.07, 6.45) is 5.37. The normalized spacial score (nSPS) is 31.7. The zero-order valence-corrected chi connectivity index (χ0v) is 15.3. The first-order valence-corrected chi connectivity index (χ1v) is 9.76. The minimum atomic E-state index is -2.78. The van der Waals surface area contributed by atoms with Crippen LogP contribution in [0.4, 0.5) is 8.78 Å². The van der Waals surface area contributed by atoms with Crippen molar-refractivity contribution in [3.05, 3.63) is 30.1 Å². The van der Waals surface area contributed by atoms with Crippen molar-refractivity contribution < 1.29 is 18.4 Å². The highest BCUT2D eigenvalue weighted by Gasteiger charge is 2.54. The van der Waals surface area contributed by atoms with E-state index in [9.17, 15) is 18.4 Å². The Morgan fingerprint density at radius 3 is 2.74 bits per heavy atom. The molecule has 2 aliphatic carbocycles. The summed E-state index contributed by atoms with van der Waals surface area (Å²) >= 11 is 0. The van der Waals surface area contributed by atoms with Crippen LogP contribution in [0.5, 0.6) is 0 Å². The van der Waals surface area contributed by atoms with E-state index in [4.69, 9.17) is 0 Å². The fourth-order valence-corrected chi connectivity index (χ4v) is 4.87. The van der Waals surface area contributed by atoms with E-state index in [1.54, 1.807) is 6.20 Å². The van der Waals surface area contributed by atoms with Crippen molar-refractivity contribution in [3.8, 4) is 0 Å². The standard InChI is InChI=1S/C20H25F2N3O2/c21-20(22)8-6-16(20)24-18(27)15-5-3-7-19(15)9-11-25(13-19)17(26)12-14-4-1-2-10-23-14/h1-2,4,10,15-16H,3,5-9,11-13H2,(H,24,27)/t15-,16-,19-/m1/s1. The second kappa shape index (κ2) is 6.84. The van der Waals surface area contributed by atoms with E-state index in [1.165, 1.54) is 0 Å². The van der Waals surface area contributed by atoms with Gasteiger partial charge in [0.2, 0.25) is 11.8 Å². The lowest BCUT2D eigenvalue weighted by Crippen LogP contribution is -2.57. The number of nitrogens with zero attached hydrogens (tertiary/aromatic N) is 2.